The molecule has 7 heterocycles. The second-order valence-corrected chi connectivity index (χ2v) is 26.9. The molecule has 0 unspecified atom stereocenters. The van der Waals surface area contributed by atoms with Crippen molar-refractivity contribution in [2.45, 2.75) is 258 Å². The summed E-state index contributed by atoms with van der Waals surface area (Å²) in [6, 6.07) is -8.58. The average molecular weight is 1630 g/mol. The number of hydrogen-bond acceptors (Lipinski definition) is 45. The normalized spacial score (nSPS) is 42.5. The molecule has 4 amide bonds. The quantitative estimate of drug-likeness (QED) is 0.0280. The summed E-state index contributed by atoms with van der Waals surface area (Å²) in [4.78, 5) is 92.3. The number of carboxylic acid groups (broad SMARTS) is 3. The Bertz CT molecular complexity index is 3070. The number of amides is 4. The van der Waals surface area contributed by atoms with Crippen LogP contribution in [0.1, 0.15) is 26.2 Å². The molecule has 52 heteroatoms. The molecule has 0 aromatic carbocycles. The van der Waals surface area contributed by atoms with Crippen LogP contribution in [-0.2, 0) is 95.1 Å². The maximum atomic E-state index is 13.9. The molecule has 52 nitrogen and oxygen atoms in total. The molecule has 7 fully saturated rings. The van der Waals surface area contributed by atoms with Crippen molar-refractivity contribution in [1.82, 2.24) is 21.3 Å². The van der Waals surface area contributed by atoms with E-state index in [2.05, 4.69) is 5.32 Å². The number of ether oxygens (including phenoxy) is 13. The zero-order valence-electron chi connectivity index (χ0n) is 58.1. The molecule has 111 heavy (non-hydrogen) atoms. The molecule has 7 rings (SSSR count). The zero-order valence-corrected chi connectivity index (χ0v) is 58.1. The van der Waals surface area contributed by atoms with Crippen molar-refractivity contribution < 1.29 is 238 Å². The van der Waals surface area contributed by atoms with Crippen LogP contribution in [0.25, 0.3) is 0 Å². The maximum absolute atomic E-state index is 13.9. The minimum Gasteiger partial charge on any atom is -0.477 e. The average Bonchev–Trinajstić information content (AvgIpc) is 0.752. The van der Waals surface area contributed by atoms with E-state index >= 15 is 0 Å². The fourth-order valence-electron chi connectivity index (χ4n) is 13.6. The summed E-state index contributed by atoms with van der Waals surface area (Å²) >= 11 is 0. The van der Waals surface area contributed by atoms with Gasteiger partial charge in [-0.25, -0.2) is 14.4 Å². The highest BCUT2D eigenvalue weighted by Crippen LogP contribution is 2.44. The van der Waals surface area contributed by atoms with Gasteiger partial charge in [0.05, 0.1) is 82.7 Å². The van der Waals surface area contributed by atoms with E-state index in [1.54, 1.807) is 0 Å². The third-order valence-electron chi connectivity index (χ3n) is 19.4. The number of hydrogen-bond donors (Lipinski definition) is 32. The van der Waals surface area contributed by atoms with E-state index in [1.807, 2.05) is 16.0 Å². The van der Waals surface area contributed by atoms with Crippen LogP contribution in [0.2, 0.25) is 0 Å². The van der Waals surface area contributed by atoms with E-state index in [9.17, 15) is 177 Å². The topological polar surface area (TPSA) is 854 Å². The molecule has 0 radical (unpaired) electrons. The molecule has 0 aliphatic carbocycles. The predicted octanol–water partition coefficient (Wildman–Crippen LogP) is -21.2. The summed E-state index contributed by atoms with van der Waals surface area (Å²) in [6.07, 6.45) is -81.3. The fourth-order valence-corrected chi connectivity index (χ4v) is 13.6. The predicted molar refractivity (Wildman–Crippen MR) is 334 cm³/mol. The van der Waals surface area contributed by atoms with Crippen molar-refractivity contribution in [2.24, 2.45) is 0 Å². The van der Waals surface area contributed by atoms with E-state index in [4.69, 9.17) is 61.6 Å². The molecule has 0 spiro atoms. The first kappa shape index (κ1) is 92.9. The van der Waals surface area contributed by atoms with Gasteiger partial charge in [0.2, 0.25) is 23.6 Å². The summed E-state index contributed by atoms with van der Waals surface area (Å²) in [6.45, 7) is -13.1. The Hall–Kier alpha value is -5.23. The first-order valence-electron chi connectivity index (χ1n) is 34.0. The van der Waals surface area contributed by atoms with E-state index in [0.717, 1.165) is 6.92 Å². The van der Waals surface area contributed by atoms with Gasteiger partial charge in [-0.1, -0.05) is 0 Å². The van der Waals surface area contributed by atoms with Gasteiger partial charge in [0.15, 0.2) is 25.2 Å². The molecular weight excluding hydrogens is 1530 g/mol. The number of rotatable bonds is 35. The Kier molecular flexibility index (Phi) is 33.2. The van der Waals surface area contributed by atoms with Gasteiger partial charge in [-0.15, -0.1) is 0 Å². The lowest BCUT2D eigenvalue weighted by Crippen LogP contribution is -2.73. The highest BCUT2D eigenvalue weighted by molar-refractivity contribution is 5.80. The zero-order chi connectivity index (χ0) is 83.0. The Balaban J connectivity index is 1.41. The van der Waals surface area contributed by atoms with Crippen molar-refractivity contribution in [3.63, 3.8) is 0 Å². The van der Waals surface area contributed by atoms with Crippen LogP contribution in [0.3, 0.4) is 0 Å². The monoisotopic (exact) mass is 1630 g/mol. The molecule has 640 valence electrons. The smallest absolute Gasteiger partial charge is 0.364 e. The highest BCUT2D eigenvalue weighted by atomic mass is 16.8. The van der Waals surface area contributed by atoms with Gasteiger partial charge in [0, 0.05) is 26.2 Å². The fraction of sp³-hybridized carbons (Fsp3) is 0.881. The Morgan fingerprint density at radius 1 is 0.387 bits per heavy atom. The summed E-state index contributed by atoms with van der Waals surface area (Å²) in [5.74, 6) is -22.9. The SMILES string of the molecule is CC(=O)N[C@H]1[C@H](O[C@@H]2[C@H](O[C@]3(C(=O)O)C[C@H](O)[C@@H](NC(=O)CO)[C@H]([C@H](O)[C@H](O)CO)O3)[C@@H](O)[C@H](O[C@H]3[C@H](O)[C@@H](O)[C@H](O)O[C@@H]3CO)O[C@@H]2CO)O[C@H](CO[C@]2(C(=O)O)C[C@H](O)[C@@H](NC(=O)CO)[C@H]([C@H](O)[C@H](O)CO)O2)[C@H](O)[C@@H]1O[C@@H]1O[C@H](CO)[C@H](O)[C@H](O[C@]2(C(=O)O)C[C@H](O)[C@@H](NC(=O)CO)[C@H]([C@H](O)[C@H](O)CO)O2)[C@H]1O. The molecule has 7 aliphatic rings. The van der Waals surface area contributed by atoms with E-state index in [1.165, 1.54) is 0 Å². The van der Waals surface area contributed by atoms with Crippen molar-refractivity contribution in [1.29, 1.82) is 0 Å². The van der Waals surface area contributed by atoms with Gasteiger partial charge in [-0.05, 0) is 0 Å². The first-order chi connectivity index (χ1) is 52.2. The minimum absolute atomic E-state index is 0.725. The molecule has 0 saturated carbocycles. The number of carbonyl (C=O) groups excluding carboxylic acids is 4. The molecule has 0 bridgehead atoms. The van der Waals surface area contributed by atoms with Crippen LogP contribution in [0.4, 0.5) is 0 Å². The third-order valence-corrected chi connectivity index (χ3v) is 19.4. The number of carboxylic acids is 3. The van der Waals surface area contributed by atoms with Crippen molar-refractivity contribution >= 4 is 41.5 Å². The number of nitrogens with one attached hydrogen (secondary N) is 4. The number of aliphatic hydroxyl groups excluding tert-OH is 25. The Morgan fingerprint density at radius 2 is 0.739 bits per heavy atom. The Labute approximate surface area is 623 Å². The highest BCUT2D eigenvalue weighted by Gasteiger charge is 2.65. The largest absolute Gasteiger partial charge is 0.477 e. The maximum Gasteiger partial charge on any atom is 0.364 e. The van der Waals surface area contributed by atoms with Crippen LogP contribution < -0.4 is 21.3 Å². The van der Waals surface area contributed by atoms with E-state index < -0.39 is 358 Å². The van der Waals surface area contributed by atoms with E-state index in [0.29, 0.717) is 0 Å². The Morgan fingerprint density at radius 3 is 1.14 bits per heavy atom. The standard InChI is InChI=1S/C59H96N4O48/c1-15(73)60-32-44(106-52-40(90)48(36(86)22(8-67)101-52)110-58(55(95)96)3-17(75)30(62-27(81)12-71)46(108-58)34(84)20(78)6-65)37(87)25(14-99-57(54(93)94)2-16(74)29(61-26(80)11-70)45(107-57)33(83)19(77)5-64)103-51(32)105-43-24(10-69)102-53(104-42-23(9-68)100-50(92)39(89)38(42)88)41(91)49(43)111-59(56(97)98)4-18(76)31(63-28(82)13-72)47(109-59)35(85)21(79)7-66/h16-25,29-53,64-72,74-79,83-92H,2-14H2,1H3,(H,60,73)(H,61,80)(H,62,81)(H,63,82)(H,93,94)(H,95,96)(H,97,98)/t16-,17-,18-,19+,20+,21+,22+,23+,24+,25+,29+,30+,31+,32+,33+,34+,35+,36-,37-,38+,39+,40+,41+,42+,43-,44+,45+,46+,47+,48-,49+,50+,51-,52-,53-,57+,58-,59-/m0/s1. The van der Waals surface area contributed by atoms with Crippen LogP contribution in [0, 0.1) is 0 Å². The van der Waals surface area contributed by atoms with Crippen LogP contribution in [0.5, 0.6) is 0 Å². The lowest BCUT2D eigenvalue weighted by atomic mass is 9.88. The summed E-state index contributed by atoms with van der Waals surface area (Å²) in [5.41, 5.74) is 0. The third kappa shape index (κ3) is 20.4. The van der Waals surface area contributed by atoms with Gasteiger partial charge in [-0.2, -0.15) is 0 Å². The van der Waals surface area contributed by atoms with Gasteiger partial charge < -0.3 is 226 Å². The molecule has 38 atom stereocenters. The number of carbonyl (C=O) groups is 7. The molecule has 7 aliphatic heterocycles. The van der Waals surface area contributed by atoms with Crippen LogP contribution in [-0.4, -0.2) is 482 Å². The number of aliphatic carboxylic acids is 3. The molecule has 32 N–H and O–H groups in total. The van der Waals surface area contributed by atoms with Crippen LogP contribution >= 0.6 is 0 Å². The van der Waals surface area contributed by atoms with Gasteiger partial charge in [-0.3, -0.25) is 19.2 Å². The lowest BCUT2D eigenvalue weighted by molar-refractivity contribution is -0.405. The number of aliphatic hydroxyl groups is 25. The van der Waals surface area contributed by atoms with E-state index in [-0.39, 0.29) is 0 Å². The van der Waals surface area contributed by atoms with Gasteiger partial charge in [0.25, 0.3) is 17.4 Å². The molecule has 0 aromatic heterocycles. The second-order valence-electron chi connectivity index (χ2n) is 26.9. The first-order valence-corrected chi connectivity index (χ1v) is 34.0. The molecule has 7 saturated heterocycles. The van der Waals surface area contributed by atoms with Crippen molar-refractivity contribution in [2.75, 3.05) is 66.1 Å². The van der Waals surface area contributed by atoms with Crippen LogP contribution in [0.15, 0.2) is 0 Å². The summed E-state index contributed by atoms with van der Waals surface area (Å²) < 4.78 is 76.0. The van der Waals surface area contributed by atoms with Crippen molar-refractivity contribution in [3.8, 4) is 0 Å². The minimum atomic E-state index is -3.70. The lowest BCUT2D eigenvalue weighted by Gasteiger charge is -2.53. The summed E-state index contributed by atoms with van der Waals surface area (Å²) in [5, 5.41) is 314. The van der Waals surface area contributed by atoms with Gasteiger partial charge >= 0.3 is 17.9 Å². The molecular formula is C59H96N4O48. The second kappa shape index (κ2) is 39.6. The molecule has 0 aromatic rings. The van der Waals surface area contributed by atoms with Crippen molar-refractivity contribution in [3.05, 3.63) is 0 Å². The van der Waals surface area contributed by atoms with Gasteiger partial charge in [0.1, 0.15) is 172 Å². The summed E-state index contributed by atoms with van der Waals surface area (Å²) in [7, 11) is 0.